The lowest BCUT2D eigenvalue weighted by Crippen LogP contribution is -2.35. The average molecular weight is 307 g/mol. The van der Waals surface area contributed by atoms with Crippen LogP contribution in [0.4, 0.5) is 0 Å². The third-order valence-electron chi connectivity index (χ3n) is 3.26. The summed E-state index contributed by atoms with van der Waals surface area (Å²) >= 11 is 0. The van der Waals surface area contributed by atoms with E-state index in [0.717, 1.165) is 51.4 Å². The molecule has 0 spiro atoms. The summed E-state index contributed by atoms with van der Waals surface area (Å²) in [5.41, 5.74) is 0. The first-order valence-corrected chi connectivity index (χ1v) is 9.52. The van der Waals surface area contributed by atoms with Gasteiger partial charge in [0.2, 0.25) is 5.91 Å². The van der Waals surface area contributed by atoms with Crippen LogP contribution in [0.5, 0.6) is 0 Å². The van der Waals surface area contributed by atoms with Crippen molar-refractivity contribution in [1.29, 1.82) is 0 Å². The van der Waals surface area contributed by atoms with E-state index in [4.69, 9.17) is 9.79 Å². The summed E-state index contributed by atoms with van der Waals surface area (Å²) in [4.78, 5) is 31.4. The number of carbonyl (C=O) groups excluding carboxylic acids is 1. The fourth-order valence-corrected chi connectivity index (χ4v) is 2.65. The molecule has 120 valence electrons. The molecule has 0 unspecified atom stereocenters. The Morgan fingerprint density at radius 1 is 0.900 bits per heavy atom. The Labute approximate surface area is 122 Å². The molecular formula is C14H30NO4P. The van der Waals surface area contributed by atoms with E-state index in [-0.39, 0.29) is 0 Å². The molecule has 1 amide bonds. The minimum atomic E-state index is -4.26. The van der Waals surface area contributed by atoms with E-state index < -0.39 is 19.7 Å². The van der Waals surface area contributed by atoms with E-state index in [1.165, 1.54) is 0 Å². The van der Waals surface area contributed by atoms with E-state index in [2.05, 4.69) is 13.8 Å². The zero-order valence-corrected chi connectivity index (χ0v) is 13.8. The third-order valence-corrected chi connectivity index (χ3v) is 3.94. The van der Waals surface area contributed by atoms with Crippen LogP contribution in [0.25, 0.3) is 0 Å². The SMILES string of the molecule is CCCCCCN(CCCCCC)C(=O)CP(=O)(O)O. The molecule has 0 aliphatic carbocycles. The molecule has 0 rings (SSSR count). The summed E-state index contributed by atoms with van der Waals surface area (Å²) in [6.45, 7) is 5.48. The molecule has 0 aromatic rings. The average Bonchev–Trinajstić information content (AvgIpc) is 2.34. The van der Waals surface area contributed by atoms with Crippen molar-refractivity contribution in [2.75, 3.05) is 19.3 Å². The molecule has 0 fully saturated rings. The van der Waals surface area contributed by atoms with Gasteiger partial charge in [-0.3, -0.25) is 9.36 Å². The van der Waals surface area contributed by atoms with Crippen LogP contribution in [0.15, 0.2) is 0 Å². The van der Waals surface area contributed by atoms with Gasteiger partial charge in [0.1, 0.15) is 6.16 Å². The summed E-state index contributed by atoms with van der Waals surface area (Å²) in [6.07, 6.45) is 7.82. The first-order valence-electron chi connectivity index (χ1n) is 7.73. The molecule has 2 N–H and O–H groups in total. The largest absolute Gasteiger partial charge is 0.342 e. The first-order chi connectivity index (χ1) is 9.40. The number of amides is 1. The predicted octanol–water partition coefficient (Wildman–Crippen LogP) is 3.15. The molecule has 0 atom stereocenters. The smallest absolute Gasteiger partial charge is 0.334 e. The summed E-state index contributed by atoms with van der Waals surface area (Å²) in [5, 5.41) is 0. The van der Waals surface area contributed by atoms with Gasteiger partial charge >= 0.3 is 7.60 Å². The van der Waals surface area contributed by atoms with Crippen LogP contribution in [-0.4, -0.2) is 39.8 Å². The lowest BCUT2D eigenvalue weighted by Gasteiger charge is -2.23. The van der Waals surface area contributed by atoms with Gasteiger partial charge in [0.05, 0.1) is 0 Å². The van der Waals surface area contributed by atoms with Crippen LogP contribution in [-0.2, 0) is 9.36 Å². The lowest BCUT2D eigenvalue weighted by molar-refractivity contribution is -0.128. The number of hydrogen-bond donors (Lipinski definition) is 2. The molecule has 0 saturated heterocycles. The highest BCUT2D eigenvalue weighted by Gasteiger charge is 2.23. The van der Waals surface area contributed by atoms with E-state index in [9.17, 15) is 9.36 Å². The molecule has 0 aromatic heterocycles. The number of rotatable bonds is 12. The Kier molecular flexibility index (Phi) is 11.1. The molecule has 0 radical (unpaired) electrons. The van der Waals surface area contributed by atoms with Crippen molar-refractivity contribution >= 4 is 13.5 Å². The molecule has 20 heavy (non-hydrogen) atoms. The van der Waals surface area contributed by atoms with E-state index >= 15 is 0 Å². The summed E-state index contributed by atoms with van der Waals surface area (Å²) in [6, 6.07) is 0. The van der Waals surface area contributed by atoms with Gasteiger partial charge in [0, 0.05) is 13.1 Å². The van der Waals surface area contributed by atoms with Crippen molar-refractivity contribution in [1.82, 2.24) is 4.90 Å². The van der Waals surface area contributed by atoms with Crippen LogP contribution in [0.3, 0.4) is 0 Å². The maximum Gasteiger partial charge on any atom is 0.334 e. The minimum absolute atomic E-state index is 0.411. The topological polar surface area (TPSA) is 77.8 Å². The molecule has 0 aliphatic rings. The third kappa shape index (κ3) is 11.4. The maximum atomic E-state index is 11.9. The second-order valence-electron chi connectivity index (χ2n) is 5.32. The summed E-state index contributed by atoms with van der Waals surface area (Å²) < 4.78 is 10.9. The van der Waals surface area contributed by atoms with E-state index in [0.29, 0.717) is 13.1 Å². The maximum absolute atomic E-state index is 11.9. The quantitative estimate of drug-likeness (QED) is 0.429. The Hall–Kier alpha value is -0.380. The molecule has 6 heteroatoms. The molecule has 0 heterocycles. The lowest BCUT2D eigenvalue weighted by atomic mass is 10.1. The van der Waals surface area contributed by atoms with Crippen LogP contribution < -0.4 is 0 Å². The Morgan fingerprint density at radius 2 is 1.35 bits per heavy atom. The Balaban J connectivity index is 4.22. The zero-order chi connectivity index (χ0) is 15.4. The number of unbranched alkanes of at least 4 members (excludes halogenated alkanes) is 6. The molecule has 0 saturated carbocycles. The monoisotopic (exact) mass is 307 g/mol. The number of nitrogens with zero attached hydrogens (tertiary/aromatic N) is 1. The second kappa shape index (κ2) is 11.3. The van der Waals surface area contributed by atoms with E-state index in [1.807, 2.05) is 0 Å². The van der Waals surface area contributed by atoms with Gasteiger partial charge in [-0.05, 0) is 12.8 Å². The van der Waals surface area contributed by atoms with Crippen LogP contribution in [0, 0.1) is 0 Å². The van der Waals surface area contributed by atoms with Gasteiger partial charge in [-0.1, -0.05) is 52.4 Å². The molecule has 0 aliphatic heterocycles. The fraction of sp³-hybridized carbons (Fsp3) is 0.929. The van der Waals surface area contributed by atoms with Crippen molar-refractivity contribution in [2.45, 2.75) is 65.2 Å². The van der Waals surface area contributed by atoms with E-state index in [1.54, 1.807) is 4.90 Å². The Bertz CT molecular complexity index is 292. The molecule has 5 nitrogen and oxygen atoms in total. The summed E-state index contributed by atoms with van der Waals surface area (Å²) in [7, 11) is -4.26. The highest BCUT2D eigenvalue weighted by molar-refractivity contribution is 7.52. The molecular weight excluding hydrogens is 277 g/mol. The normalized spacial score (nSPS) is 11.6. The highest BCUT2D eigenvalue weighted by Crippen LogP contribution is 2.34. The second-order valence-corrected chi connectivity index (χ2v) is 6.97. The van der Waals surface area contributed by atoms with Crippen molar-refractivity contribution in [2.24, 2.45) is 0 Å². The number of carbonyl (C=O) groups is 1. The predicted molar refractivity (Wildman–Crippen MR) is 81.8 cm³/mol. The van der Waals surface area contributed by atoms with Crippen LogP contribution in [0.2, 0.25) is 0 Å². The van der Waals surface area contributed by atoms with Gasteiger partial charge in [-0.25, -0.2) is 0 Å². The van der Waals surface area contributed by atoms with Gasteiger partial charge in [0.25, 0.3) is 0 Å². The van der Waals surface area contributed by atoms with Crippen molar-refractivity contribution in [3.63, 3.8) is 0 Å². The molecule has 0 aromatic carbocycles. The van der Waals surface area contributed by atoms with Gasteiger partial charge < -0.3 is 14.7 Å². The zero-order valence-electron chi connectivity index (χ0n) is 12.9. The highest BCUT2D eigenvalue weighted by atomic mass is 31.2. The fourth-order valence-electron chi connectivity index (χ4n) is 2.10. The van der Waals surface area contributed by atoms with Crippen LogP contribution in [0.1, 0.15) is 65.2 Å². The Morgan fingerprint density at radius 3 is 1.70 bits per heavy atom. The van der Waals surface area contributed by atoms with Crippen molar-refractivity contribution in [3.05, 3.63) is 0 Å². The number of hydrogen-bond acceptors (Lipinski definition) is 2. The summed E-state index contributed by atoms with van der Waals surface area (Å²) in [5.74, 6) is -0.411. The van der Waals surface area contributed by atoms with Gasteiger partial charge in [-0.15, -0.1) is 0 Å². The van der Waals surface area contributed by atoms with Crippen molar-refractivity contribution < 1.29 is 19.1 Å². The van der Waals surface area contributed by atoms with Crippen molar-refractivity contribution in [3.8, 4) is 0 Å². The standard InChI is InChI=1S/C14H30NO4P/c1-3-5-7-9-11-15(12-10-8-6-4-2)14(16)13-20(17,18)19/h3-13H2,1-2H3,(H2,17,18,19). The van der Waals surface area contributed by atoms with Gasteiger partial charge in [-0.2, -0.15) is 0 Å². The molecule has 0 bridgehead atoms. The van der Waals surface area contributed by atoms with Gasteiger partial charge in [0.15, 0.2) is 0 Å². The first kappa shape index (κ1) is 19.6. The minimum Gasteiger partial charge on any atom is -0.342 e. The van der Waals surface area contributed by atoms with Crippen LogP contribution >= 0.6 is 7.60 Å².